The van der Waals surface area contributed by atoms with Gasteiger partial charge in [0.05, 0.1) is 0 Å². The quantitative estimate of drug-likeness (QED) is 0.779. The Balaban J connectivity index is 1.84. The number of nitrogens with zero attached hydrogens (tertiary/aromatic N) is 3. The fourth-order valence-corrected chi connectivity index (χ4v) is 1.85. The maximum Gasteiger partial charge on any atom is 0.273 e. The van der Waals surface area contributed by atoms with Crippen LogP contribution in [0.15, 0.2) is 24.3 Å². The largest absolute Gasteiger partial charge is 0.365 e. The summed E-state index contributed by atoms with van der Waals surface area (Å²) in [6.45, 7) is 0. The van der Waals surface area contributed by atoms with Gasteiger partial charge in [0.25, 0.3) is 5.91 Å². The Morgan fingerprint density at radius 3 is 2.57 bits per heavy atom. The number of hydrogen-bond acceptors (Lipinski definition) is 6. The summed E-state index contributed by atoms with van der Waals surface area (Å²) in [6.07, 6.45) is 2.09. The van der Waals surface area contributed by atoms with E-state index >= 15 is 0 Å². The van der Waals surface area contributed by atoms with Crippen molar-refractivity contribution in [2.45, 2.75) is 18.9 Å². The lowest BCUT2D eigenvalue weighted by atomic mass is 10.3. The Morgan fingerprint density at radius 1 is 1.24 bits per heavy atom. The minimum absolute atomic E-state index is 0.0450. The zero-order valence-corrected chi connectivity index (χ0v) is 11.8. The molecular formula is C13H13ClN6O. The Labute approximate surface area is 125 Å². The van der Waals surface area contributed by atoms with Crippen LogP contribution in [0.2, 0.25) is 5.02 Å². The second kappa shape index (κ2) is 5.53. The summed E-state index contributed by atoms with van der Waals surface area (Å²) in [6, 6.07) is 7.41. The van der Waals surface area contributed by atoms with Gasteiger partial charge in [-0.3, -0.25) is 4.79 Å². The highest BCUT2D eigenvalue weighted by molar-refractivity contribution is 6.30. The number of anilines is 3. The molecule has 3 rings (SSSR count). The van der Waals surface area contributed by atoms with Gasteiger partial charge in [0.1, 0.15) is 0 Å². The van der Waals surface area contributed by atoms with Crippen molar-refractivity contribution < 1.29 is 4.79 Å². The van der Waals surface area contributed by atoms with Crippen molar-refractivity contribution in [3.8, 4) is 0 Å². The maximum absolute atomic E-state index is 11.3. The van der Waals surface area contributed by atoms with E-state index in [2.05, 4.69) is 25.8 Å². The number of nitrogens with one attached hydrogen (secondary N) is 2. The summed E-state index contributed by atoms with van der Waals surface area (Å²) >= 11 is 5.83. The number of rotatable bonds is 5. The van der Waals surface area contributed by atoms with Gasteiger partial charge in [0.15, 0.2) is 11.5 Å². The highest BCUT2D eigenvalue weighted by Gasteiger charge is 2.25. The number of hydrogen-bond donors (Lipinski definition) is 3. The average Bonchev–Trinajstić information content (AvgIpc) is 3.25. The molecule has 4 N–H and O–H groups in total. The number of carbonyl (C=O) groups excluding carboxylic acids is 1. The van der Waals surface area contributed by atoms with Crippen molar-refractivity contribution in [3.05, 3.63) is 35.0 Å². The van der Waals surface area contributed by atoms with Gasteiger partial charge in [0, 0.05) is 16.8 Å². The van der Waals surface area contributed by atoms with E-state index in [4.69, 9.17) is 17.3 Å². The summed E-state index contributed by atoms with van der Waals surface area (Å²) in [5, 5.41) is 14.5. The lowest BCUT2D eigenvalue weighted by molar-refractivity contribution is 0.0995. The van der Waals surface area contributed by atoms with Crippen LogP contribution in [0.4, 0.5) is 17.5 Å². The first-order valence-electron chi connectivity index (χ1n) is 6.45. The van der Waals surface area contributed by atoms with Crippen molar-refractivity contribution in [1.82, 2.24) is 15.2 Å². The van der Waals surface area contributed by atoms with E-state index in [1.807, 2.05) is 0 Å². The fourth-order valence-electron chi connectivity index (χ4n) is 1.73. The number of halogens is 1. The number of benzene rings is 1. The van der Waals surface area contributed by atoms with Crippen LogP contribution in [0.3, 0.4) is 0 Å². The Kier molecular flexibility index (Phi) is 3.57. The number of nitrogens with two attached hydrogens (primary N) is 1. The van der Waals surface area contributed by atoms with Crippen LogP contribution in [0.1, 0.15) is 23.3 Å². The van der Waals surface area contributed by atoms with Gasteiger partial charge in [-0.25, -0.2) is 0 Å². The van der Waals surface area contributed by atoms with Crippen molar-refractivity contribution in [2.75, 3.05) is 10.6 Å². The maximum atomic E-state index is 11.3. The molecular weight excluding hydrogens is 292 g/mol. The fraction of sp³-hybridized carbons (Fsp3) is 0.231. The molecule has 0 bridgehead atoms. The SMILES string of the molecule is NC(=O)c1nnc(Nc2ccc(Cl)cc2)nc1NC1CC1. The van der Waals surface area contributed by atoms with Gasteiger partial charge in [-0.1, -0.05) is 11.6 Å². The molecule has 1 amide bonds. The zero-order chi connectivity index (χ0) is 14.8. The van der Waals surface area contributed by atoms with Gasteiger partial charge in [0.2, 0.25) is 5.95 Å². The van der Waals surface area contributed by atoms with Crippen LogP contribution in [0.25, 0.3) is 0 Å². The van der Waals surface area contributed by atoms with Gasteiger partial charge in [-0.2, -0.15) is 4.98 Å². The highest BCUT2D eigenvalue weighted by atomic mass is 35.5. The lowest BCUT2D eigenvalue weighted by Gasteiger charge is -2.09. The van der Waals surface area contributed by atoms with Crippen LogP contribution in [0.5, 0.6) is 0 Å². The number of aromatic nitrogens is 3. The standard InChI is InChI=1S/C13H13ClN6O/c14-7-1-3-9(4-2-7)17-13-18-12(16-8-5-6-8)10(11(15)21)19-20-13/h1-4,8H,5-6H2,(H2,15,21)(H2,16,17,18,20). The van der Waals surface area contributed by atoms with Gasteiger partial charge in [-0.15, -0.1) is 10.2 Å². The first-order chi connectivity index (χ1) is 10.1. The number of amides is 1. The number of carbonyl (C=O) groups is 1. The highest BCUT2D eigenvalue weighted by Crippen LogP contribution is 2.25. The van der Waals surface area contributed by atoms with Crippen molar-refractivity contribution in [2.24, 2.45) is 5.73 Å². The molecule has 1 aromatic carbocycles. The molecule has 1 saturated carbocycles. The normalized spacial score (nSPS) is 13.8. The summed E-state index contributed by atoms with van der Waals surface area (Å²) in [5.74, 6) is -0.0156. The first-order valence-corrected chi connectivity index (χ1v) is 6.83. The molecule has 0 saturated heterocycles. The molecule has 0 aliphatic heterocycles. The van der Waals surface area contributed by atoms with Gasteiger partial charge >= 0.3 is 0 Å². The molecule has 1 aromatic heterocycles. The molecule has 2 aromatic rings. The predicted molar refractivity (Wildman–Crippen MR) is 79.7 cm³/mol. The average molecular weight is 305 g/mol. The molecule has 0 spiro atoms. The van der Waals surface area contributed by atoms with E-state index in [1.165, 1.54) is 0 Å². The third-order valence-corrected chi connectivity index (χ3v) is 3.19. The zero-order valence-electron chi connectivity index (χ0n) is 11.0. The lowest BCUT2D eigenvalue weighted by Crippen LogP contribution is -2.20. The van der Waals surface area contributed by atoms with Gasteiger partial charge in [-0.05, 0) is 37.1 Å². The van der Waals surface area contributed by atoms with E-state index < -0.39 is 5.91 Å². The van der Waals surface area contributed by atoms with Crippen molar-refractivity contribution in [3.63, 3.8) is 0 Å². The van der Waals surface area contributed by atoms with Crippen LogP contribution < -0.4 is 16.4 Å². The van der Waals surface area contributed by atoms with Crippen molar-refractivity contribution in [1.29, 1.82) is 0 Å². The van der Waals surface area contributed by atoms with E-state index in [9.17, 15) is 4.79 Å². The molecule has 1 fully saturated rings. The Morgan fingerprint density at radius 2 is 1.95 bits per heavy atom. The summed E-state index contributed by atoms with van der Waals surface area (Å²) in [7, 11) is 0. The summed E-state index contributed by atoms with van der Waals surface area (Å²) in [5.41, 5.74) is 6.09. The van der Waals surface area contributed by atoms with E-state index in [1.54, 1.807) is 24.3 Å². The molecule has 1 aliphatic carbocycles. The van der Waals surface area contributed by atoms with E-state index in [0.29, 0.717) is 16.9 Å². The molecule has 21 heavy (non-hydrogen) atoms. The molecule has 1 heterocycles. The van der Waals surface area contributed by atoms with Crippen LogP contribution in [0, 0.1) is 0 Å². The summed E-state index contributed by atoms with van der Waals surface area (Å²) in [4.78, 5) is 15.6. The second-order valence-corrected chi connectivity index (χ2v) is 5.18. The summed E-state index contributed by atoms with van der Waals surface area (Å²) < 4.78 is 0. The van der Waals surface area contributed by atoms with E-state index in [-0.39, 0.29) is 11.6 Å². The molecule has 0 atom stereocenters. The van der Waals surface area contributed by atoms with E-state index in [0.717, 1.165) is 18.5 Å². The van der Waals surface area contributed by atoms with Crippen LogP contribution >= 0.6 is 11.6 Å². The third-order valence-electron chi connectivity index (χ3n) is 2.94. The molecule has 0 radical (unpaired) electrons. The molecule has 7 nitrogen and oxygen atoms in total. The van der Waals surface area contributed by atoms with Crippen molar-refractivity contribution >= 4 is 35.0 Å². The van der Waals surface area contributed by atoms with Crippen LogP contribution in [-0.2, 0) is 0 Å². The third kappa shape index (κ3) is 3.38. The number of primary amides is 1. The second-order valence-electron chi connectivity index (χ2n) is 4.75. The monoisotopic (exact) mass is 304 g/mol. The predicted octanol–water partition coefficient (Wildman–Crippen LogP) is 1.94. The molecule has 8 heteroatoms. The Hall–Kier alpha value is -2.41. The topological polar surface area (TPSA) is 106 Å². The Bertz CT molecular complexity index is 671. The minimum Gasteiger partial charge on any atom is -0.365 e. The van der Waals surface area contributed by atoms with Crippen LogP contribution in [-0.4, -0.2) is 27.1 Å². The molecule has 108 valence electrons. The smallest absolute Gasteiger partial charge is 0.273 e. The molecule has 0 unspecified atom stereocenters. The van der Waals surface area contributed by atoms with Gasteiger partial charge < -0.3 is 16.4 Å². The minimum atomic E-state index is -0.656. The first kappa shape index (κ1) is 13.6. The molecule has 1 aliphatic rings.